The molecular formula is C17H26N2O. The van der Waals surface area contributed by atoms with E-state index in [0.29, 0.717) is 5.92 Å². The van der Waals surface area contributed by atoms with E-state index in [1.54, 1.807) is 0 Å². The van der Waals surface area contributed by atoms with Crippen LogP contribution in [0.15, 0.2) is 24.3 Å². The molecule has 0 bridgehead atoms. The molecule has 1 aromatic rings. The fourth-order valence-corrected chi connectivity index (χ4v) is 2.72. The van der Waals surface area contributed by atoms with Crippen molar-refractivity contribution in [3.05, 3.63) is 35.4 Å². The van der Waals surface area contributed by atoms with Crippen molar-refractivity contribution in [2.24, 2.45) is 5.92 Å². The van der Waals surface area contributed by atoms with Gasteiger partial charge in [0.15, 0.2) is 0 Å². The largest absolute Gasteiger partial charge is 0.352 e. The lowest BCUT2D eigenvalue weighted by molar-refractivity contribution is -0.124. The summed E-state index contributed by atoms with van der Waals surface area (Å²) >= 11 is 0. The van der Waals surface area contributed by atoms with E-state index in [9.17, 15) is 4.79 Å². The van der Waals surface area contributed by atoms with E-state index in [0.717, 1.165) is 31.4 Å². The van der Waals surface area contributed by atoms with E-state index in [1.165, 1.54) is 5.56 Å². The fourth-order valence-electron chi connectivity index (χ4n) is 2.72. The molecule has 1 amide bonds. The smallest absolute Gasteiger partial charge is 0.241 e. The summed E-state index contributed by atoms with van der Waals surface area (Å²) in [6, 6.07) is 8.28. The number of fused-ring (bicyclic) bond motifs is 1. The second-order valence-electron chi connectivity index (χ2n) is 6.22. The maximum atomic E-state index is 12.4. The Labute approximate surface area is 122 Å². The van der Waals surface area contributed by atoms with Crippen LogP contribution in [0.1, 0.15) is 50.8 Å². The van der Waals surface area contributed by atoms with Gasteiger partial charge in [-0.3, -0.25) is 4.79 Å². The number of benzene rings is 1. The van der Waals surface area contributed by atoms with Gasteiger partial charge in [0.1, 0.15) is 6.04 Å². The Bertz CT molecular complexity index is 456. The van der Waals surface area contributed by atoms with E-state index in [-0.39, 0.29) is 18.0 Å². The maximum absolute atomic E-state index is 12.4. The predicted molar refractivity (Wildman–Crippen MR) is 82.6 cm³/mol. The summed E-state index contributed by atoms with van der Waals surface area (Å²) in [5.41, 5.74) is 2.42. The average molecular weight is 274 g/mol. The number of hydrogen-bond donors (Lipinski definition) is 2. The second kappa shape index (κ2) is 6.89. The number of amides is 1. The van der Waals surface area contributed by atoms with Crippen molar-refractivity contribution in [3.63, 3.8) is 0 Å². The van der Waals surface area contributed by atoms with Crippen LogP contribution >= 0.6 is 0 Å². The minimum Gasteiger partial charge on any atom is -0.352 e. The van der Waals surface area contributed by atoms with Gasteiger partial charge in [-0.2, -0.15) is 0 Å². The molecule has 0 radical (unpaired) electrons. The van der Waals surface area contributed by atoms with Crippen LogP contribution in [0.5, 0.6) is 0 Å². The lowest BCUT2D eigenvalue weighted by atomic mass is 9.93. The first-order valence-corrected chi connectivity index (χ1v) is 7.69. The quantitative estimate of drug-likeness (QED) is 0.867. The van der Waals surface area contributed by atoms with E-state index in [2.05, 4.69) is 43.5 Å². The maximum Gasteiger partial charge on any atom is 0.241 e. The van der Waals surface area contributed by atoms with Gasteiger partial charge in [-0.05, 0) is 43.2 Å². The summed E-state index contributed by atoms with van der Waals surface area (Å²) in [5.74, 6) is 0.788. The molecule has 0 aliphatic carbocycles. The molecule has 0 saturated carbocycles. The second-order valence-corrected chi connectivity index (χ2v) is 6.22. The Morgan fingerprint density at radius 3 is 2.80 bits per heavy atom. The molecule has 2 N–H and O–H groups in total. The molecule has 110 valence electrons. The number of rotatable bonds is 5. The first-order valence-electron chi connectivity index (χ1n) is 7.69. The number of nitrogens with one attached hydrogen (secondary N) is 2. The minimum absolute atomic E-state index is 0.105. The third-order valence-electron chi connectivity index (χ3n) is 3.94. The van der Waals surface area contributed by atoms with Gasteiger partial charge >= 0.3 is 0 Å². The van der Waals surface area contributed by atoms with Gasteiger partial charge in [0.25, 0.3) is 0 Å². The van der Waals surface area contributed by atoms with Crippen LogP contribution < -0.4 is 10.6 Å². The molecule has 2 rings (SSSR count). The van der Waals surface area contributed by atoms with Gasteiger partial charge in [-0.15, -0.1) is 0 Å². The van der Waals surface area contributed by atoms with Gasteiger partial charge in [0.2, 0.25) is 5.91 Å². The fraction of sp³-hybridized carbons (Fsp3) is 0.588. The molecule has 1 aliphatic heterocycles. The zero-order chi connectivity index (χ0) is 14.5. The number of hydrogen-bond acceptors (Lipinski definition) is 2. The van der Waals surface area contributed by atoms with Crippen LogP contribution in [0, 0.1) is 5.92 Å². The van der Waals surface area contributed by atoms with Crippen LogP contribution in [0.2, 0.25) is 0 Å². The van der Waals surface area contributed by atoms with Gasteiger partial charge in [-0.25, -0.2) is 0 Å². The molecule has 0 saturated heterocycles. The van der Waals surface area contributed by atoms with Crippen molar-refractivity contribution in [1.29, 1.82) is 0 Å². The van der Waals surface area contributed by atoms with Gasteiger partial charge in [0.05, 0.1) is 0 Å². The van der Waals surface area contributed by atoms with Crippen LogP contribution in [0.25, 0.3) is 0 Å². The van der Waals surface area contributed by atoms with Crippen molar-refractivity contribution < 1.29 is 4.79 Å². The number of carbonyl (C=O) groups is 1. The van der Waals surface area contributed by atoms with Crippen molar-refractivity contribution in [3.8, 4) is 0 Å². The van der Waals surface area contributed by atoms with Gasteiger partial charge < -0.3 is 10.6 Å². The Kier molecular flexibility index (Phi) is 5.18. The standard InChI is InChI=1S/C17H26N2O/c1-12(2)8-9-13(3)19-17(20)16-15-7-5-4-6-14(15)10-11-18-16/h4-7,12-13,16,18H,8-11H2,1-3H3,(H,19,20). The summed E-state index contributed by atoms with van der Waals surface area (Å²) in [5, 5.41) is 6.48. The van der Waals surface area contributed by atoms with Gasteiger partial charge in [-0.1, -0.05) is 38.1 Å². The average Bonchev–Trinajstić information content (AvgIpc) is 2.44. The zero-order valence-electron chi connectivity index (χ0n) is 12.8. The highest BCUT2D eigenvalue weighted by molar-refractivity contribution is 5.84. The molecule has 2 unspecified atom stereocenters. The normalized spacial score (nSPS) is 19.5. The highest BCUT2D eigenvalue weighted by Crippen LogP contribution is 2.22. The molecule has 1 aliphatic rings. The molecule has 20 heavy (non-hydrogen) atoms. The highest BCUT2D eigenvalue weighted by atomic mass is 16.2. The van der Waals surface area contributed by atoms with E-state index in [4.69, 9.17) is 0 Å². The van der Waals surface area contributed by atoms with E-state index < -0.39 is 0 Å². The van der Waals surface area contributed by atoms with Crippen molar-refractivity contribution in [1.82, 2.24) is 10.6 Å². The van der Waals surface area contributed by atoms with Crippen LogP contribution in [-0.2, 0) is 11.2 Å². The summed E-state index contributed by atoms with van der Waals surface area (Å²) in [4.78, 5) is 12.4. The molecular weight excluding hydrogens is 248 g/mol. The first kappa shape index (κ1) is 15.0. The Hall–Kier alpha value is -1.35. The van der Waals surface area contributed by atoms with Crippen molar-refractivity contribution in [2.45, 2.75) is 52.1 Å². The first-order chi connectivity index (χ1) is 9.58. The summed E-state index contributed by atoms with van der Waals surface area (Å²) < 4.78 is 0. The molecule has 2 atom stereocenters. The third kappa shape index (κ3) is 3.83. The Balaban J connectivity index is 1.97. The summed E-state index contributed by atoms with van der Waals surface area (Å²) in [6.45, 7) is 7.39. The highest BCUT2D eigenvalue weighted by Gasteiger charge is 2.26. The van der Waals surface area contributed by atoms with Crippen LogP contribution in [-0.4, -0.2) is 18.5 Å². The van der Waals surface area contributed by atoms with Gasteiger partial charge in [0, 0.05) is 12.6 Å². The van der Waals surface area contributed by atoms with E-state index in [1.807, 2.05) is 12.1 Å². The van der Waals surface area contributed by atoms with Crippen LogP contribution in [0.3, 0.4) is 0 Å². The molecule has 0 fully saturated rings. The van der Waals surface area contributed by atoms with Crippen molar-refractivity contribution in [2.75, 3.05) is 6.54 Å². The van der Waals surface area contributed by atoms with Crippen molar-refractivity contribution >= 4 is 5.91 Å². The predicted octanol–water partition coefficient (Wildman–Crippen LogP) is 2.81. The lowest BCUT2D eigenvalue weighted by Gasteiger charge is -2.27. The molecule has 3 nitrogen and oxygen atoms in total. The molecule has 1 heterocycles. The van der Waals surface area contributed by atoms with E-state index >= 15 is 0 Å². The topological polar surface area (TPSA) is 41.1 Å². The SMILES string of the molecule is CC(C)CCC(C)NC(=O)C1NCCc2ccccc21. The van der Waals surface area contributed by atoms with Crippen LogP contribution in [0.4, 0.5) is 0 Å². The molecule has 1 aromatic carbocycles. The Morgan fingerprint density at radius 2 is 2.05 bits per heavy atom. The number of carbonyl (C=O) groups excluding carboxylic acids is 1. The third-order valence-corrected chi connectivity index (χ3v) is 3.94. The Morgan fingerprint density at radius 1 is 1.30 bits per heavy atom. The minimum atomic E-state index is -0.193. The lowest BCUT2D eigenvalue weighted by Crippen LogP contribution is -2.44. The zero-order valence-corrected chi connectivity index (χ0v) is 12.8. The summed E-state index contributed by atoms with van der Waals surface area (Å²) in [6.07, 6.45) is 3.19. The monoisotopic (exact) mass is 274 g/mol. The molecule has 3 heteroatoms. The molecule has 0 spiro atoms. The molecule has 0 aromatic heterocycles. The summed E-state index contributed by atoms with van der Waals surface area (Å²) in [7, 11) is 0.